The SMILES string of the molecule is COc1cc(C(C)N[C@H](C)c2ccccc2)ccc1F. The van der Waals surface area contributed by atoms with Crippen molar-refractivity contribution in [1.82, 2.24) is 5.32 Å². The molecular weight excluding hydrogens is 253 g/mol. The van der Waals surface area contributed by atoms with E-state index in [4.69, 9.17) is 4.74 Å². The predicted molar refractivity (Wildman–Crippen MR) is 79.4 cm³/mol. The summed E-state index contributed by atoms with van der Waals surface area (Å²) in [6.07, 6.45) is 0. The Hall–Kier alpha value is -1.87. The molecule has 2 aromatic rings. The van der Waals surface area contributed by atoms with Gasteiger partial charge in [0.15, 0.2) is 11.6 Å². The fourth-order valence-corrected chi connectivity index (χ4v) is 2.25. The van der Waals surface area contributed by atoms with E-state index in [2.05, 4.69) is 31.3 Å². The Labute approximate surface area is 119 Å². The highest BCUT2D eigenvalue weighted by Gasteiger charge is 2.13. The molecule has 0 aliphatic carbocycles. The molecule has 0 radical (unpaired) electrons. The van der Waals surface area contributed by atoms with Crippen molar-refractivity contribution in [3.63, 3.8) is 0 Å². The smallest absolute Gasteiger partial charge is 0.165 e. The lowest BCUT2D eigenvalue weighted by Crippen LogP contribution is -2.22. The van der Waals surface area contributed by atoms with Gasteiger partial charge >= 0.3 is 0 Å². The van der Waals surface area contributed by atoms with Crippen LogP contribution >= 0.6 is 0 Å². The summed E-state index contributed by atoms with van der Waals surface area (Å²) in [7, 11) is 1.48. The normalized spacial score (nSPS) is 13.8. The molecular formula is C17H20FNO. The fraction of sp³-hybridized carbons (Fsp3) is 0.294. The topological polar surface area (TPSA) is 21.3 Å². The monoisotopic (exact) mass is 273 g/mol. The maximum absolute atomic E-state index is 13.4. The van der Waals surface area contributed by atoms with Crippen LogP contribution < -0.4 is 10.1 Å². The van der Waals surface area contributed by atoms with Crippen LogP contribution in [0.4, 0.5) is 4.39 Å². The highest BCUT2D eigenvalue weighted by atomic mass is 19.1. The molecule has 0 aromatic heterocycles. The average molecular weight is 273 g/mol. The van der Waals surface area contributed by atoms with E-state index in [-0.39, 0.29) is 23.7 Å². The van der Waals surface area contributed by atoms with E-state index in [1.807, 2.05) is 18.2 Å². The molecule has 0 fully saturated rings. The summed E-state index contributed by atoms with van der Waals surface area (Å²) >= 11 is 0. The zero-order chi connectivity index (χ0) is 14.5. The number of halogens is 1. The van der Waals surface area contributed by atoms with Crippen molar-refractivity contribution in [1.29, 1.82) is 0 Å². The van der Waals surface area contributed by atoms with Gasteiger partial charge in [-0.25, -0.2) is 4.39 Å². The Morgan fingerprint density at radius 2 is 1.60 bits per heavy atom. The lowest BCUT2D eigenvalue weighted by molar-refractivity contribution is 0.384. The lowest BCUT2D eigenvalue weighted by atomic mass is 10.0. The van der Waals surface area contributed by atoms with Crippen molar-refractivity contribution < 1.29 is 9.13 Å². The van der Waals surface area contributed by atoms with Crippen LogP contribution in [-0.4, -0.2) is 7.11 Å². The molecule has 2 atom stereocenters. The third kappa shape index (κ3) is 3.36. The minimum absolute atomic E-state index is 0.111. The van der Waals surface area contributed by atoms with Gasteiger partial charge in [0.25, 0.3) is 0 Å². The molecule has 0 heterocycles. The Kier molecular flexibility index (Phi) is 4.74. The van der Waals surface area contributed by atoms with Crippen molar-refractivity contribution in [2.45, 2.75) is 25.9 Å². The van der Waals surface area contributed by atoms with E-state index < -0.39 is 0 Å². The van der Waals surface area contributed by atoms with Gasteiger partial charge in [-0.15, -0.1) is 0 Å². The minimum atomic E-state index is -0.334. The van der Waals surface area contributed by atoms with Crippen LogP contribution in [0.3, 0.4) is 0 Å². The van der Waals surface area contributed by atoms with Crippen LogP contribution in [0.25, 0.3) is 0 Å². The van der Waals surface area contributed by atoms with Gasteiger partial charge in [-0.2, -0.15) is 0 Å². The lowest BCUT2D eigenvalue weighted by Gasteiger charge is -2.21. The number of hydrogen-bond acceptors (Lipinski definition) is 2. The standard InChI is InChI=1S/C17H20FNO/c1-12(14-7-5-4-6-8-14)19-13(2)15-9-10-16(18)17(11-15)20-3/h4-13,19H,1-3H3/t12-,13?/m1/s1. The van der Waals surface area contributed by atoms with E-state index in [1.165, 1.54) is 18.7 Å². The number of ether oxygens (including phenoxy) is 1. The van der Waals surface area contributed by atoms with Gasteiger partial charge in [-0.3, -0.25) is 0 Å². The molecule has 0 saturated heterocycles. The second-order valence-corrected chi connectivity index (χ2v) is 4.91. The van der Waals surface area contributed by atoms with Crippen LogP contribution in [0, 0.1) is 5.82 Å². The van der Waals surface area contributed by atoms with Crippen LogP contribution in [-0.2, 0) is 0 Å². The molecule has 0 bridgehead atoms. The molecule has 20 heavy (non-hydrogen) atoms. The quantitative estimate of drug-likeness (QED) is 0.879. The molecule has 106 valence electrons. The number of rotatable bonds is 5. The molecule has 0 amide bonds. The third-order valence-corrected chi connectivity index (χ3v) is 3.47. The first-order chi connectivity index (χ1) is 9.61. The number of methoxy groups -OCH3 is 1. The maximum Gasteiger partial charge on any atom is 0.165 e. The number of hydrogen-bond donors (Lipinski definition) is 1. The van der Waals surface area contributed by atoms with E-state index in [0.29, 0.717) is 0 Å². The highest BCUT2D eigenvalue weighted by Crippen LogP contribution is 2.24. The zero-order valence-corrected chi connectivity index (χ0v) is 12.1. The summed E-state index contributed by atoms with van der Waals surface area (Å²) in [4.78, 5) is 0. The number of nitrogens with one attached hydrogen (secondary N) is 1. The molecule has 1 N–H and O–H groups in total. The second-order valence-electron chi connectivity index (χ2n) is 4.91. The van der Waals surface area contributed by atoms with Gasteiger partial charge in [-0.1, -0.05) is 36.4 Å². The molecule has 0 aliphatic heterocycles. The Balaban J connectivity index is 2.10. The Morgan fingerprint density at radius 3 is 2.25 bits per heavy atom. The largest absolute Gasteiger partial charge is 0.494 e. The predicted octanol–water partition coefficient (Wildman–Crippen LogP) is 4.25. The van der Waals surface area contributed by atoms with Crippen molar-refractivity contribution in [2.75, 3.05) is 7.11 Å². The first kappa shape index (κ1) is 14.5. The van der Waals surface area contributed by atoms with E-state index in [1.54, 1.807) is 12.1 Å². The fourth-order valence-electron chi connectivity index (χ4n) is 2.25. The van der Waals surface area contributed by atoms with E-state index in [0.717, 1.165) is 5.56 Å². The van der Waals surface area contributed by atoms with Crippen LogP contribution in [0.15, 0.2) is 48.5 Å². The van der Waals surface area contributed by atoms with Gasteiger partial charge in [-0.05, 0) is 37.1 Å². The summed E-state index contributed by atoms with van der Waals surface area (Å²) in [5.41, 5.74) is 2.24. The van der Waals surface area contributed by atoms with Crippen LogP contribution in [0.5, 0.6) is 5.75 Å². The van der Waals surface area contributed by atoms with Gasteiger partial charge in [0.2, 0.25) is 0 Å². The van der Waals surface area contributed by atoms with Gasteiger partial charge in [0, 0.05) is 12.1 Å². The summed E-state index contributed by atoms with van der Waals surface area (Å²) in [6.45, 7) is 4.18. The molecule has 2 rings (SSSR count). The van der Waals surface area contributed by atoms with Gasteiger partial charge < -0.3 is 10.1 Å². The second kappa shape index (κ2) is 6.53. The molecule has 0 spiro atoms. The maximum atomic E-state index is 13.4. The molecule has 3 heteroatoms. The van der Waals surface area contributed by atoms with E-state index in [9.17, 15) is 4.39 Å². The van der Waals surface area contributed by atoms with Gasteiger partial charge in [0.1, 0.15) is 0 Å². The van der Waals surface area contributed by atoms with Crippen molar-refractivity contribution in [2.24, 2.45) is 0 Å². The Morgan fingerprint density at radius 1 is 0.950 bits per heavy atom. The summed E-state index contributed by atoms with van der Waals surface area (Å²) in [5, 5.41) is 3.51. The van der Waals surface area contributed by atoms with Crippen molar-refractivity contribution in [3.8, 4) is 5.75 Å². The molecule has 0 aliphatic rings. The summed E-state index contributed by atoms with van der Waals surface area (Å²) < 4.78 is 18.4. The molecule has 2 nitrogen and oxygen atoms in total. The zero-order valence-electron chi connectivity index (χ0n) is 12.1. The van der Waals surface area contributed by atoms with Crippen molar-refractivity contribution in [3.05, 3.63) is 65.5 Å². The summed E-state index contributed by atoms with van der Waals surface area (Å²) in [5.74, 6) is -0.0527. The van der Waals surface area contributed by atoms with E-state index >= 15 is 0 Å². The molecule has 2 aromatic carbocycles. The average Bonchev–Trinajstić information content (AvgIpc) is 2.48. The molecule has 0 saturated carbocycles. The third-order valence-electron chi connectivity index (χ3n) is 3.47. The first-order valence-corrected chi connectivity index (χ1v) is 6.76. The van der Waals surface area contributed by atoms with Crippen LogP contribution in [0.1, 0.15) is 37.1 Å². The molecule has 1 unspecified atom stereocenters. The summed E-state index contributed by atoms with van der Waals surface area (Å²) in [6, 6.07) is 15.5. The minimum Gasteiger partial charge on any atom is -0.494 e. The van der Waals surface area contributed by atoms with Crippen molar-refractivity contribution >= 4 is 0 Å². The highest BCUT2D eigenvalue weighted by molar-refractivity contribution is 5.32. The number of benzene rings is 2. The van der Waals surface area contributed by atoms with Gasteiger partial charge in [0.05, 0.1) is 7.11 Å². The first-order valence-electron chi connectivity index (χ1n) is 6.76. The Bertz CT molecular complexity index is 556. The van der Waals surface area contributed by atoms with Crippen LogP contribution in [0.2, 0.25) is 0 Å².